The predicted octanol–water partition coefficient (Wildman–Crippen LogP) is 4.77. The van der Waals surface area contributed by atoms with E-state index in [1.165, 1.54) is 0 Å². The van der Waals surface area contributed by atoms with Crippen molar-refractivity contribution in [1.82, 2.24) is 20.5 Å². The summed E-state index contributed by atoms with van der Waals surface area (Å²) in [6.07, 6.45) is 3.64. The van der Waals surface area contributed by atoms with Gasteiger partial charge in [0.05, 0.1) is 6.04 Å². The van der Waals surface area contributed by atoms with Gasteiger partial charge in [0.25, 0.3) is 5.91 Å². The van der Waals surface area contributed by atoms with Gasteiger partial charge in [-0.2, -0.15) is 0 Å². The summed E-state index contributed by atoms with van der Waals surface area (Å²) in [4.78, 5) is 20.4. The van der Waals surface area contributed by atoms with Gasteiger partial charge in [-0.15, -0.1) is 10.2 Å². The van der Waals surface area contributed by atoms with Crippen LogP contribution in [0.4, 0.5) is 5.82 Å². The van der Waals surface area contributed by atoms with Gasteiger partial charge in [-0.1, -0.05) is 47.2 Å². The number of carbonyl (C=O) groups is 1. The Labute approximate surface area is 195 Å². The topological polar surface area (TPSA) is 71.0 Å². The Balaban J connectivity index is 1.51. The van der Waals surface area contributed by atoms with Gasteiger partial charge in [0.1, 0.15) is 15.8 Å². The van der Waals surface area contributed by atoms with Crippen LogP contribution in [0.2, 0.25) is 0 Å². The third-order valence-electron chi connectivity index (χ3n) is 5.79. The van der Waals surface area contributed by atoms with E-state index in [0.717, 1.165) is 52.6 Å². The highest BCUT2D eigenvalue weighted by atomic mass is 32.1. The predicted molar refractivity (Wildman–Crippen MR) is 129 cm³/mol. The second-order valence-electron chi connectivity index (χ2n) is 8.02. The summed E-state index contributed by atoms with van der Waals surface area (Å²) in [5, 5.41) is 13.7. The third-order valence-corrected chi connectivity index (χ3v) is 6.57. The molecule has 1 amide bonds. The zero-order valence-corrected chi connectivity index (χ0v) is 18.5. The van der Waals surface area contributed by atoms with Crippen LogP contribution < -0.4 is 10.2 Å². The largest absolute Gasteiger partial charge is 0.315 e. The first kappa shape index (κ1) is 17.4. The van der Waals surface area contributed by atoms with Crippen LogP contribution in [0, 0.1) is 13.8 Å². The van der Waals surface area contributed by atoms with E-state index in [4.69, 9.17) is 4.11 Å². The Morgan fingerprint density at radius 2 is 2.06 bits per heavy atom. The molecule has 1 aliphatic rings. The Bertz CT molecular complexity index is 1360. The summed E-state index contributed by atoms with van der Waals surface area (Å²) in [5.41, 5.74) is 2.41. The van der Waals surface area contributed by atoms with Gasteiger partial charge in [0.2, 0.25) is 0 Å². The van der Waals surface area contributed by atoms with Crippen LogP contribution in [0.15, 0.2) is 54.7 Å². The van der Waals surface area contributed by atoms with Crippen molar-refractivity contribution in [3.8, 4) is 10.6 Å². The summed E-state index contributed by atoms with van der Waals surface area (Å²) in [7, 11) is 0. The molecule has 5 rings (SSSR count). The highest BCUT2D eigenvalue weighted by Gasteiger charge is 2.30. The van der Waals surface area contributed by atoms with Gasteiger partial charge >= 0.3 is 0 Å². The fourth-order valence-electron chi connectivity index (χ4n) is 4.20. The Hall–Kier alpha value is -3.16. The molecule has 0 unspecified atom stereocenters. The Kier molecular flexibility index (Phi) is 4.77. The molecule has 1 saturated heterocycles. The third kappa shape index (κ3) is 4.01. The number of aryl methyl sites for hydroxylation is 2. The molecular weight excluding hydrogens is 418 g/mol. The second-order valence-corrected chi connectivity index (χ2v) is 9.00. The zero-order valence-electron chi connectivity index (χ0n) is 20.7. The Morgan fingerprint density at radius 3 is 2.81 bits per heavy atom. The first-order valence-corrected chi connectivity index (χ1v) is 11.5. The molecule has 32 heavy (non-hydrogen) atoms. The monoisotopic (exact) mass is 446 g/mol. The van der Waals surface area contributed by atoms with Gasteiger partial charge in [0, 0.05) is 33.4 Å². The smallest absolute Gasteiger partial charge is 0.259 e. The highest BCUT2D eigenvalue weighted by molar-refractivity contribution is 7.14. The van der Waals surface area contributed by atoms with Crippen LogP contribution >= 0.6 is 11.3 Å². The molecule has 0 spiro atoms. The van der Waals surface area contributed by atoms with Crippen molar-refractivity contribution in [2.75, 3.05) is 18.0 Å². The quantitative estimate of drug-likeness (QED) is 0.489. The van der Waals surface area contributed by atoms with E-state index in [2.05, 4.69) is 26.6 Å². The van der Waals surface area contributed by atoms with Crippen molar-refractivity contribution < 1.29 is 8.91 Å². The van der Waals surface area contributed by atoms with E-state index < -0.39 is 6.85 Å². The van der Waals surface area contributed by atoms with Gasteiger partial charge in [-0.05, 0) is 56.7 Å². The molecule has 4 aromatic rings. The average Bonchev–Trinajstić information content (AvgIpc) is 3.36. The number of anilines is 1. The SMILES string of the molecule is [2H]C([2H])([2H])c1nnc(-c2ccc(C(=O)N(c3nccc4cc(C)ccc34)[C@@H]3CCCNC3)cc2)s1. The van der Waals surface area contributed by atoms with Gasteiger partial charge in [-0.25, -0.2) is 4.98 Å². The molecule has 0 radical (unpaired) electrons. The zero-order chi connectivity index (χ0) is 24.6. The van der Waals surface area contributed by atoms with Crippen molar-refractivity contribution in [1.29, 1.82) is 0 Å². The fraction of sp³-hybridized carbons (Fsp3) is 0.280. The highest BCUT2D eigenvalue weighted by Crippen LogP contribution is 2.30. The van der Waals surface area contributed by atoms with E-state index in [-0.39, 0.29) is 17.0 Å². The normalized spacial score (nSPS) is 18.0. The summed E-state index contributed by atoms with van der Waals surface area (Å²) in [6.45, 7) is 1.41. The lowest BCUT2D eigenvalue weighted by atomic mass is 10.0. The number of piperidine rings is 1. The second kappa shape index (κ2) is 8.76. The molecule has 6 nitrogen and oxygen atoms in total. The van der Waals surface area contributed by atoms with Crippen LogP contribution in [0.1, 0.15) is 37.9 Å². The van der Waals surface area contributed by atoms with Crippen LogP contribution in [-0.2, 0) is 0 Å². The number of hydrogen-bond donors (Lipinski definition) is 1. The molecule has 1 atom stereocenters. The maximum atomic E-state index is 13.9. The number of aromatic nitrogens is 3. The lowest BCUT2D eigenvalue weighted by Gasteiger charge is -2.34. The number of carbonyl (C=O) groups excluding carboxylic acids is 1. The molecule has 3 heterocycles. The number of fused-ring (bicyclic) bond motifs is 1. The van der Waals surface area contributed by atoms with E-state index in [1.54, 1.807) is 30.5 Å². The van der Waals surface area contributed by atoms with Gasteiger partial charge in [0.15, 0.2) is 0 Å². The van der Waals surface area contributed by atoms with Crippen molar-refractivity contribution in [2.45, 2.75) is 32.7 Å². The maximum absolute atomic E-state index is 13.9. The van der Waals surface area contributed by atoms with Crippen LogP contribution in [-0.4, -0.2) is 40.2 Å². The van der Waals surface area contributed by atoms with Crippen LogP contribution in [0.25, 0.3) is 21.3 Å². The molecule has 1 N–H and O–H groups in total. The van der Waals surface area contributed by atoms with Crippen molar-refractivity contribution in [3.63, 3.8) is 0 Å². The Morgan fingerprint density at radius 1 is 1.19 bits per heavy atom. The minimum Gasteiger partial charge on any atom is -0.315 e. The number of hydrogen-bond acceptors (Lipinski definition) is 6. The first-order chi connectivity index (χ1) is 16.8. The van der Waals surface area contributed by atoms with E-state index >= 15 is 0 Å². The number of rotatable bonds is 4. The number of nitrogens with one attached hydrogen (secondary N) is 1. The van der Waals surface area contributed by atoms with Crippen molar-refractivity contribution >= 4 is 33.8 Å². The molecule has 1 fully saturated rings. The lowest BCUT2D eigenvalue weighted by molar-refractivity contribution is 0.0972. The summed E-state index contributed by atoms with van der Waals surface area (Å²) in [5.74, 6) is 0.544. The first-order valence-electron chi connectivity index (χ1n) is 12.2. The van der Waals surface area contributed by atoms with Crippen LogP contribution in [0.5, 0.6) is 0 Å². The maximum Gasteiger partial charge on any atom is 0.259 e. The summed E-state index contributed by atoms with van der Waals surface area (Å²) < 4.78 is 22.5. The summed E-state index contributed by atoms with van der Waals surface area (Å²) >= 11 is 1.04. The van der Waals surface area contributed by atoms with Crippen LogP contribution in [0.3, 0.4) is 0 Å². The van der Waals surface area contributed by atoms with Gasteiger partial charge in [-0.3, -0.25) is 9.69 Å². The molecule has 0 bridgehead atoms. The summed E-state index contributed by atoms with van der Waals surface area (Å²) in [6, 6.07) is 15.2. The molecular formula is C25H25N5OS. The number of benzene rings is 2. The van der Waals surface area contributed by atoms with Crippen molar-refractivity contribution in [2.24, 2.45) is 0 Å². The molecule has 7 heteroatoms. The minimum atomic E-state index is -2.29. The molecule has 162 valence electrons. The van der Waals surface area contributed by atoms with Crippen molar-refractivity contribution in [3.05, 3.63) is 70.9 Å². The number of nitrogens with zero attached hydrogens (tertiary/aromatic N) is 4. The van der Waals surface area contributed by atoms with Gasteiger partial charge < -0.3 is 5.32 Å². The van der Waals surface area contributed by atoms with E-state index in [9.17, 15) is 4.79 Å². The lowest BCUT2D eigenvalue weighted by Crippen LogP contribution is -2.49. The number of pyridine rings is 1. The molecule has 0 aliphatic carbocycles. The minimum absolute atomic E-state index is 0.000827. The standard InChI is InChI=1S/C25H25N5OS/c1-16-5-10-22-20(14-16)11-13-27-23(22)30(21-4-3-12-26-15-21)25(31)19-8-6-18(7-9-19)24-29-28-17(2)32-24/h5-11,13-14,21,26H,3-4,12,15H2,1-2H3/t21-/m1/s1/i2D3. The molecule has 1 aliphatic heterocycles. The molecule has 2 aromatic heterocycles. The fourth-order valence-corrected chi connectivity index (χ4v) is 4.80. The molecule has 0 saturated carbocycles. The molecule has 2 aromatic carbocycles. The number of amides is 1. The average molecular weight is 447 g/mol. The van der Waals surface area contributed by atoms with E-state index in [1.807, 2.05) is 30.0 Å². The van der Waals surface area contributed by atoms with E-state index in [0.29, 0.717) is 22.9 Å².